The Labute approximate surface area is 134 Å². The highest BCUT2D eigenvalue weighted by atomic mass is 19.4. The van der Waals surface area contributed by atoms with Crippen LogP contribution in [0, 0.1) is 0 Å². The first-order valence-electron chi connectivity index (χ1n) is 6.74. The van der Waals surface area contributed by atoms with Crippen molar-refractivity contribution in [1.82, 2.24) is 15.3 Å². The van der Waals surface area contributed by atoms with Gasteiger partial charge in [0.1, 0.15) is 5.69 Å². The number of benzene rings is 1. The second-order valence-corrected chi connectivity index (χ2v) is 4.85. The fourth-order valence-corrected chi connectivity index (χ4v) is 1.96. The maximum absolute atomic E-state index is 12.7. The van der Waals surface area contributed by atoms with E-state index < -0.39 is 30.5 Å². The van der Waals surface area contributed by atoms with Crippen LogP contribution in [0.1, 0.15) is 39.0 Å². The minimum absolute atomic E-state index is 0.275. The van der Waals surface area contributed by atoms with Crippen LogP contribution >= 0.6 is 0 Å². The molecule has 0 radical (unpaired) electrons. The maximum Gasteiger partial charge on any atom is 0.391 e. The lowest BCUT2D eigenvalue weighted by Gasteiger charge is -2.20. The summed E-state index contributed by atoms with van der Waals surface area (Å²) >= 11 is 0. The van der Waals surface area contributed by atoms with Crippen LogP contribution in [0.3, 0.4) is 0 Å². The van der Waals surface area contributed by atoms with E-state index in [-0.39, 0.29) is 11.4 Å². The molecule has 1 heterocycles. The Kier molecular flexibility index (Phi) is 5.12. The molecule has 24 heavy (non-hydrogen) atoms. The van der Waals surface area contributed by atoms with Crippen molar-refractivity contribution < 1.29 is 27.9 Å². The number of nitrogens with one attached hydrogen (secondary N) is 1. The van der Waals surface area contributed by atoms with E-state index in [9.17, 15) is 22.8 Å². The van der Waals surface area contributed by atoms with Gasteiger partial charge >= 0.3 is 12.1 Å². The zero-order chi connectivity index (χ0) is 17.7. The fourth-order valence-electron chi connectivity index (χ4n) is 1.96. The molecule has 0 bridgehead atoms. The van der Waals surface area contributed by atoms with Gasteiger partial charge in [-0.3, -0.25) is 4.79 Å². The first-order chi connectivity index (χ1) is 11.3. The van der Waals surface area contributed by atoms with Gasteiger partial charge in [-0.2, -0.15) is 13.2 Å². The van der Waals surface area contributed by atoms with Gasteiger partial charge in [-0.25, -0.2) is 14.8 Å². The van der Waals surface area contributed by atoms with Crippen molar-refractivity contribution in [3.63, 3.8) is 0 Å². The molecule has 0 saturated carbocycles. The van der Waals surface area contributed by atoms with Gasteiger partial charge in [0.2, 0.25) is 0 Å². The number of carboxylic acids is 1. The number of carbonyl (C=O) groups is 2. The molecular formula is C15H12F3N3O3. The second-order valence-electron chi connectivity index (χ2n) is 4.85. The van der Waals surface area contributed by atoms with E-state index in [1.54, 1.807) is 18.2 Å². The van der Waals surface area contributed by atoms with Gasteiger partial charge in [-0.1, -0.05) is 30.3 Å². The van der Waals surface area contributed by atoms with Gasteiger partial charge in [0, 0.05) is 0 Å². The Balaban J connectivity index is 2.19. The Morgan fingerprint density at radius 1 is 1.08 bits per heavy atom. The third-order valence-electron chi connectivity index (χ3n) is 3.05. The van der Waals surface area contributed by atoms with Crippen molar-refractivity contribution in [2.45, 2.75) is 18.6 Å². The van der Waals surface area contributed by atoms with Gasteiger partial charge in [0.05, 0.1) is 24.9 Å². The summed E-state index contributed by atoms with van der Waals surface area (Å²) in [6.45, 7) is 0. The van der Waals surface area contributed by atoms with Crippen LogP contribution in [0.25, 0.3) is 0 Å². The van der Waals surface area contributed by atoms with Gasteiger partial charge in [-0.05, 0) is 5.56 Å². The van der Waals surface area contributed by atoms with E-state index in [0.29, 0.717) is 5.56 Å². The van der Waals surface area contributed by atoms with Crippen molar-refractivity contribution in [2.75, 3.05) is 0 Å². The summed E-state index contributed by atoms with van der Waals surface area (Å²) in [5, 5.41) is 11.0. The minimum atomic E-state index is -4.48. The first kappa shape index (κ1) is 17.4. The summed E-state index contributed by atoms with van der Waals surface area (Å²) in [5.41, 5.74) is -0.358. The van der Waals surface area contributed by atoms with Crippen molar-refractivity contribution in [2.24, 2.45) is 0 Å². The van der Waals surface area contributed by atoms with E-state index >= 15 is 0 Å². The summed E-state index contributed by atoms with van der Waals surface area (Å²) in [6.07, 6.45) is -3.97. The highest BCUT2D eigenvalue weighted by Gasteiger charge is 2.33. The lowest BCUT2D eigenvalue weighted by molar-refractivity contribution is -0.139. The fraction of sp³-hybridized carbons (Fsp3) is 0.200. The molecule has 1 aromatic carbocycles. The van der Waals surface area contributed by atoms with Gasteiger partial charge in [0.25, 0.3) is 5.91 Å². The van der Waals surface area contributed by atoms with E-state index in [0.717, 1.165) is 12.4 Å². The summed E-state index contributed by atoms with van der Waals surface area (Å²) in [7, 11) is 0. The number of amides is 1. The van der Waals surface area contributed by atoms with Crippen molar-refractivity contribution in [3.8, 4) is 0 Å². The lowest BCUT2D eigenvalue weighted by Crippen LogP contribution is -2.32. The molecule has 126 valence electrons. The van der Waals surface area contributed by atoms with Crippen LogP contribution < -0.4 is 5.32 Å². The number of aromatic carboxylic acids is 1. The number of hydrogen-bond acceptors (Lipinski definition) is 4. The van der Waals surface area contributed by atoms with E-state index in [4.69, 9.17) is 5.11 Å². The van der Waals surface area contributed by atoms with E-state index in [1.807, 2.05) is 0 Å². The van der Waals surface area contributed by atoms with Crippen molar-refractivity contribution >= 4 is 11.9 Å². The smallest absolute Gasteiger partial charge is 0.391 e. The van der Waals surface area contributed by atoms with Gasteiger partial charge in [-0.15, -0.1) is 0 Å². The maximum atomic E-state index is 12.7. The average Bonchev–Trinajstić information content (AvgIpc) is 2.54. The average molecular weight is 339 g/mol. The molecule has 1 atom stereocenters. The molecule has 2 rings (SSSR count). The van der Waals surface area contributed by atoms with Crippen molar-refractivity contribution in [3.05, 3.63) is 59.7 Å². The summed E-state index contributed by atoms with van der Waals surface area (Å²) in [4.78, 5) is 29.9. The van der Waals surface area contributed by atoms with Crippen LogP contribution in [0.4, 0.5) is 13.2 Å². The Hall–Kier alpha value is -2.97. The van der Waals surface area contributed by atoms with E-state index in [1.165, 1.54) is 12.1 Å². The number of alkyl halides is 3. The number of halogens is 3. The minimum Gasteiger partial charge on any atom is -0.476 e. The van der Waals surface area contributed by atoms with Crippen LogP contribution in [0.5, 0.6) is 0 Å². The number of carbonyl (C=O) groups excluding carboxylic acids is 1. The number of rotatable bonds is 5. The molecule has 0 fully saturated rings. The Morgan fingerprint density at radius 2 is 1.67 bits per heavy atom. The molecule has 6 nitrogen and oxygen atoms in total. The quantitative estimate of drug-likeness (QED) is 0.873. The first-order valence-corrected chi connectivity index (χ1v) is 6.74. The monoisotopic (exact) mass is 339 g/mol. The molecule has 0 spiro atoms. The summed E-state index contributed by atoms with van der Waals surface area (Å²) in [6, 6.07) is 6.41. The predicted molar refractivity (Wildman–Crippen MR) is 76.3 cm³/mol. The van der Waals surface area contributed by atoms with Crippen LogP contribution in [-0.4, -0.2) is 33.1 Å². The molecule has 0 aliphatic heterocycles. The third-order valence-corrected chi connectivity index (χ3v) is 3.05. The normalized spacial score (nSPS) is 12.5. The third kappa shape index (κ3) is 4.77. The van der Waals surface area contributed by atoms with Crippen LogP contribution in [0.2, 0.25) is 0 Å². The standard InChI is InChI=1S/C15H12F3N3O3/c16-15(17,18)6-10(9-4-2-1-3-5-9)21-13(22)11-7-20-12(8-19-11)14(23)24/h1-5,7-8,10H,6H2,(H,21,22)(H,23,24). The molecule has 0 saturated heterocycles. The zero-order valence-corrected chi connectivity index (χ0v) is 12.1. The largest absolute Gasteiger partial charge is 0.476 e. The summed E-state index contributed by atoms with van der Waals surface area (Å²) in [5.74, 6) is -2.20. The molecule has 2 N–H and O–H groups in total. The van der Waals surface area contributed by atoms with Gasteiger partial charge in [0.15, 0.2) is 5.69 Å². The molecule has 1 aromatic heterocycles. The van der Waals surface area contributed by atoms with Gasteiger partial charge < -0.3 is 10.4 Å². The molecular weight excluding hydrogens is 327 g/mol. The SMILES string of the molecule is O=C(O)c1cnc(C(=O)NC(CC(F)(F)F)c2ccccc2)cn1. The number of aromatic nitrogens is 2. The molecule has 1 unspecified atom stereocenters. The number of carboxylic acid groups (broad SMARTS) is 1. The molecule has 0 aliphatic rings. The topological polar surface area (TPSA) is 92.2 Å². The lowest BCUT2D eigenvalue weighted by atomic mass is 10.0. The Morgan fingerprint density at radius 3 is 2.17 bits per heavy atom. The van der Waals surface area contributed by atoms with Crippen molar-refractivity contribution in [1.29, 1.82) is 0 Å². The Bertz CT molecular complexity index is 718. The molecule has 1 amide bonds. The zero-order valence-electron chi connectivity index (χ0n) is 12.1. The molecule has 0 aliphatic carbocycles. The van der Waals surface area contributed by atoms with Crippen LogP contribution in [0.15, 0.2) is 42.7 Å². The van der Waals surface area contributed by atoms with E-state index in [2.05, 4.69) is 15.3 Å². The number of hydrogen-bond donors (Lipinski definition) is 2. The summed E-state index contributed by atoms with van der Waals surface area (Å²) < 4.78 is 38.2. The molecule has 9 heteroatoms. The molecule has 2 aromatic rings. The van der Waals surface area contributed by atoms with Crippen LogP contribution in [-0.2, 0) is 0 Å². The highest BCUT2D eigenvalue weighted by Crippen LogP contribution is 2.29. The second kappa shape index (κ2) is 7.07. The highest BCUT2D eigenvalue weighted by molar-refractivity contribution is 5.93. The predicted octanol–water partition coefficient (Wildman–Crippen LogP) is 2.60. The number of nitrogens with zero attached hydrogens (tertiary/aromatic N) is 2.